The standard InChI is InChI=1S/C19H24N4O3/c1-3-23-17(20-21(2)19(23)25)14-7-5-10-22(12-14)18(24)15-8-4-6-13-9-11-26-16(13)15/h4,6,8,14H,3,5,7,9-12H2,1-2H3/t14-/m1/s1. The topological polar surface area (TPSA) is 69.4 Å². The van der Waals surface area contributed by atoms with Crippen molar-refractivity contribution < 1.29 is 9.53 Å². The van der Waals surface area contributed by atoms with E-state index in [4.69, 9.17) is 4.74 Å². The molecule has 0 unspecified atom stereocenters. The van der Waals surface area contributed by atoms with E-state index in [1.54, 1.807) is 11.6 Å². The van der Waals surface area contributed by atoms with Crippen molar-refractivity contribution in [3.8, 4) is 5.75 Å². The summed E-state index contributed by atoms with van der Waals surface area (Å²) in [5, 5.41) is 4.43. The molecular weight excluding hydrogens is 332 g/mol. The molecule has 0 saturated carbocycles. The summed E-state index contributed by atoms with van der Waals surface area (Å²) in [6, 6.07) is 5.79. The van der Waals surface area contributed by atoms with E-state index >= 15 is 0 Å². The molecule has 26 heavy (non-hydrogen) atoms. The van der Waals surface area contributed by atoms with E-state index in [2.05, 4.69) is 5.10 Å². The molecule has 1 aromatic carbocycles. The molecule has 3 heterocycles. The van der Waals surface area contributed by atoms with Gasteiger partial charge in [0, 0.05) is 39.0 Å². The summed E-state index contributed by atoms with van der Waals surface area (Å²) in [4.78, 5) is 27.2. The van der Waals surface area contributed by atoms with Crippen molar-refractivity contribution in [1.29, 1.82) is 0 Å². The van der Waals surface area contributed by atoms with Gasteiger partial charge < -0.3 is 9.64 Å². The summed E-state index contributed by atoms with van der Waals surface area (Å²) in [6.45, 7) is 4.48. The van der Waals surface area contributed by atoms with Crippen LogP contribution in [0.3, 0.4) is 0 Å². The largest absolute Gasteiger partial charge is 0.492 e. The van der Waals surface area contributed by atoms with Gasteiger partial charge in [-0.2, -0.15) is 5.10 Å². The van der Waals surface area contributed by atoms with E-state index < -0.39 is 0 Å². The zero-order chi connectivity index (χ0) is 18.3. The van der Waals surface area contributed by atoms with Crippen LogP contribution in [-0.2, 0) is 20.0 Å². The van der Waals surface area contributed by atoms with E-state index in [0.29, 0.717) is 25.3 Å². The van der Waals surface area contributed by atoms with Crippen LogP contribution >= 0.6 is 0 Å². The maximum atomic E-state index is 13.1. The Labute approximate surface area is 152 Å². The van der Waals surface area contributed by atoms with E-state index in [1.165, 1.54) is 4.68 Å². The monoisotopic (exact) mass is 356 g/mol. The van der Waals surface area contributed by atoms with Gasteiger partial charge in [-0.15, -0.1) is 0 Å². The number of carbonyl (C=O) groups excluding carboxylic acids is 1. The maximum absolute atomic E-state index is 13.1. The third-order valence-corrected chi connectivity index (χ3v) is 5.37. The number of hydrogen-bond acceptors (Lipinski definition) is 4. The second-order valence-electron chi connectivity index (χ2n) is 6.99. The number of benzene rings is 1. The number of aromatic nitrogens is 3. The van der Waals surface area contributed by atoms with E-state index in [1.807, 2.05) is 30.0 Å². The Hall–Kier alpha value is -2.57. The van der Waals surface area contributed by atoms with Crippen LogP contribution in [0.5, 0.6) is 5.75 Å². The fourth-order valence-corrected chi connectivity index (χ4v) is 4.05. The first-order valence-electron chi connectivity index (χ1n) is 9.27. The van der Waals surface area contributed by atoms with Crippen LogP contribution in [0.1, 0.15) is 47.4 Å². The van der Waals surface area contributed by atoms with Crippen molar-refractivity contribution in [1.82, 2.24) is 19.2 Å². The molecule has 0 radical (unpaired) electrons. The van der Waals surface area contributed by atoms with Crippen molar-refractivity contribution in [3.63, 3.8) is 0 Å². The molecule has 0 aliphatic carbocycles. The van der Waals surface area contributed by atoms with Gasteiger partial charge in [0.1, 0.15) is 11.6 Å². The Balaban J connectivity index is 1.60. The molecule has 138 valence electrons. The molecule has 1 amide bonds. The number of para-hydroxylation sites is 1. The molecule has 1 atom stereocenters. The Kier molecular flexibility index (Phi) is 4.30. The van der Waals surface area contributed by atoms with Gasteiger partial charge in [0.2, 0.25) is 0 Å². The lowest BCUT2D eigenvalue weighted by molar-refractivity contribution is 0.0699. The molecule has 1 aromatic heterocycles. The van der Waals surface area contributed by atoms with Crippen LogP contribution in [0.25, 0.3) is 0 Å². The second-order valence-corrected chi connectivity index (χ2v) is 6.99. The van der Waals surface area contributed by atoms with Gasteiger partial charge in [-0.3, -0.25) is 9.36 Å². The van der Waals surface area contributed by atoms with E-state index in [9.17, 15) is 9.59 Å². The zero-order valence-electron chi connectivity index (χ0n) is 15.3. The molecule has 0 spiro atoms. The van der Waals surface area contributed by atoms with Crippen molar-refractivity contribution >= 4 is 5.91 Å². The van der Waals surface area contributed by atoms with Crippen LogP contribution < -0.4 is 10.4 Å². The summed E-state index contributed by atoms with van der Waals surface area (Å²) < 4.78 is 8.80. The second kappa shape index (κ2) is 6.63. The molecule has 1 fully saturated rings. The number of nitrogens with zero attached hydrogens (tertiary/aromatic N) is 4. The molecule has 1 saturated heterocycles. The number of ether oxygens (including phenoxy) is 1. The number of likely N-dealkylation sites (tertiary alicyclic amines) is 1. The Bertz CT molecular complexity index is 899. The number of rotatable bonds is 3. The number of fused-ring (bicyclic) bond motifs is 1. The summed E-state index contributed by atoms with van der Waals surface area (Å²) in [7, 11) is 1.67. The molecule has 4 rings (SSSR count). The van der Waals surface area contributed by atoms with Crippen molar-refractivity contribution in [2.45, 2.75) is 38.6 Å². The minimum Gasteiger partial charge on any atom is -0.492 e. The minimum absolute atomic E-state index is 0.00905. The van der Waals surface area contributed by atoms with E-state index in [-0.39, 0.29) is 17.5 Å². The predicted octanol–water partition coefficient (Wildman–Crippen LogP) is 1.56. The van der Waals surface area contributed by atoms with Gasteiger partial charge in [-0.25, -0.2) is 9.48 Å². The third kappa shape index (κ3) is 2.71. The highest BCUT2D eigenvalue weighted by molar-refractivity contribution is 5.97. The Morgan fingerprint density at radius 2 is 2.23 bits per heavy atom. The van der Waals surface area contributed by atoms with E-state index in [0.717, 1.165) is 42.9 Å². The average molecular weight is 356 g/mol. The van der Waals surface area contributed by atoms with Crippen LogP contribution in [-0.4, -0.2) is 44.9 Å². The Morgan fingerprint density at radius 1 is 1.38 bits per heavy atom. The lowest BCUT2D eigenvalue weighted by Crippen LogP contribution is -2.40. The van der Waals surface area contributed by atoms with Gasteiger partial charge in [0.05, 0.1) is 12.2 Å². The van der Waals surface area contributed by atoms with Gasteiger partial charge in [0.15, 0.2) is 0 Å². The van der Waals surface area contributed by atoms with Crippen LogP contribution in [0, 0.1) is 0 Å². The fourth-order valence-electron chi connectivity index (χ4n) is 4.05. The lowest BCUT2D eigenvalue weighted by atomic mass is 9.96. The minimum atomic E-state index is -0.0970. The van der Waals surface area contributed by atoms with Gasteiger partial charge in [-0.1, -0.05) is 12.1 Å². The first-order valence-corrected chi connectivity index (χ1v) is 9.27. The smallest absolute Gasteiger partial charge is 0.345 e. The lowest BCUT2D eigenvalue weighted by Gasteiger charge is -2.32. The molecule has 7 nitrogen and oxygen atoms in total. The van der Waals surface area contributed by atoms with Crippen LogP contribution in [0.4, 0.5) is 0 Å². The molecule has 7 heteroatoms. The van der Waals surface area contributed by atoms with Crippen molar-refractivity contribution in [2.24, 2.45) is 7.05 Å². The molecule has 2 aliphatic rings. The summed E-state index contributed by atoms with van der Waals surface area (Å²) >= 11 is 0. The Morgan fingerprint density at radius 3 is 3.04 bits per heavy atom. The SMILES string of the molecule is CCn1c([C@@H]2CCCN(C(=O)c3cccc4c3OCC4)C2)nn(C)c1=O. The highest BCUT2D eigenvalue weighted by atomic mass is 16.5. The maximum Gasteiger partial charge on any atom is 0.345 e. The highest BCUT2D eigenvalue weighted by Crippen LogP contribution is 2.32. The quantitative estimate of drug-likeness (QED) is 0.837. The third-order valence-electron chi connectivity index (χ3n) is 5.37. The predicted molar refractivity (Wildman–Crippen MR) is 96.7 cm³/mol. The average Bonchev–Trinajstić information content (AvgIpc) is 3.26. The van der Waals surface area contributed by atoms with Gasteiger partial charge in [-0.05, 0) is 31.4 Å². The molecule has 2 aromatic rings. The summed E-state index contributed by atoms with van der Waals surface area (Å²) in [6.07, 6.45) is 2.69. The van der Waals surface area contributed by atoms with Gasteiger partial charge in [0.25, 0.3) is 5.91 Å². The normalized spacial score (nSPS) is 19.3. The first-order chi connectivity index (χ1) is 12.6. The van der Waals surface area contributed by atoms with Crippen LogP contribution in [0.2, 0.25) is 0 Å². The number of amides is 1. The van der Waals surface area contributed by atoms with Crippen LogP contribution in [0.15, 0.2) is 23.0 Å². The molecule has 2 aliphatic heterocycles. The van der Waals surface area contributed by atoms with Gasteiger partial charge >= 0.3 is 5.69 Å². The number of carbonyl (C=O) groups is 1. The molecule has 0 N–H and O–H groups in total. The zero-order valence-corrected chi connectivity index (χ0v) is 15.3. The summed E-state index contributed by atoms with van der Waals surface area (Å²) in [5.74, 6) is 1.61. The number of hydrogen-bond donors (Lipinski definition) is 0. The highest BCUT2D eigenvalue weighted by Gasteiger charge is 2.31. The van der Waals surface area contributed by atoms with Crippen molar-refractivity contribution in [3.05, 3.63) is 45.6 Å². The fraction of sp³-hybridized carbons (Fsp3) is 0.526. The number of aryl methyl sites for hydroxylation is 1. The first kappa shape index (κ1) is 16.9. The van der Waals surface area contributed by atoms with Crippen molar-refractivity contribution in [2.75, 3.05) is 19.7 Å². The number of piperidine rings is 1. The molecule has 0 bridgehead atoms. The summed E-state index contributed by atoms with van der Waals surface area (Å²) in [5.41, 5.74) is 1.66. The molecular formula is C19H24N4O3.